The fraction of sp³-hybridized carbons (Fsp3) is 0.650. The maximum absolute atomic E-state index is 14.8. The van der Waals surface area contributed by atoms with E-state index in [1.807, 2.05) is 16.8 Å². The van der Waals surface area contributed by atoms with Crippen molar-refractivity contribution in [1.29, 1.82) is 0 Å². The maximum Gasteiger partial charge on any atom is 0.410 e. The van der Waals surface area contributed by atoms with Crippen molar-refractivity contribution in [1.82, 2.24) is 19.9 Å². The molecule has 2 atom stereocenters. The molecule has 2 fully saturated rings. The number of rotatable bonds is 4. The molecule has 0 radical (unpaired) electrons. The topological polar surface area (TPSA) is 69.5 Å². The Morgan fingerprint density at radius 3 is 2.72 bits per heavy atom. The molecule has 0 unspecified atom stereocenters. The van der Waals surface area contributed by atoms with Crippen molar-refractivity contribution in [3.8, 4) is 5.75 Å². The van der Waals surface area contributed by atoms with E-state index in [0.717, 1.165) is 12.1 Å². The number of amides is 1. The van der Waals surface area contributed by atoms with Crippen LogP contribution in [0.2, 0.25) is 0 Å². The molecule has 0 bridgehead atoms. The van der Waals surface area contributed by atoms with Crippen LogP contribution in [0.15, 0.2) is 16.6 Å². The Kier molecular flexibility index (Phi) is 5.44. The highest BCUT2D eigenvalue weighted by molar-refractivity contribution is 9.10. The number of carbonyl (C=O) groups is 1. The number of nitrogens with zero attached hydrogens (tertiary/aromatic N) is 4. The van der Waals surface area contributed by atoms with Gasteiger partial charge in [-0.3, -0.25) is 0 Å². The van der Waals surface area contributed by atoms with Crippen LogP contribution in [-0.2, 0) is 11.3 Å². The summed E-state index contributed by atoms with van der Waals surface area (Å²) in [5.74, 6) is 1.23. The second-order valence-corrected chi connectivity index (χ2v) is 9.64. The van der Waals surface area contributed by atoms with Gasteiger partial charge in [-0.25, -0.2) is 13.9 Å². The minimum atomic E-state index is -1.30. The van der Waals surface area contributed by atoms with Gasteiger partial charge in [-0.15, -0.1) is 5.10 Å². The number of halogens is 2. The summed E-state index contributed by atoms with van der Waals surface area (Å²) < 4.78 is 28.6. The average molecular weight is 469 g/mol. The molecular weight excluding hydrogens is 443 g/mol. The van der Waals surface area contributed by atoms with Crippen LogP contribution in [0.3, 0.4) is 0 Å². The molecule has 158 valence electrons. The number of carbonyl (C=O) groups excluding carboxylic acids is 1. The van der Waals surface area contributed by atoms with Crippen molar-refractivity contribution in [2.24, 2.45) is 5.92 Å². The molecule has 1 aliphatic heterocycles. The summed E-state index contributed by atoms with van der Waals surface area (Å²) in [6.45, 7) is 6.60. The van der Waals surface area contributed by atoms with Crippen LogP contribution < -0.4 is 4.74 Å². The van der Waals surface area contributed by atoms with Gasteiger partial charge < -0.3 is 14.4 Å². The number of likely N-dealkylation sites (tertiary alicyclic amines) is 1. The van der Waals surface area contributed by atoms with Gasteiger partial charge in [0.05, 0.1) is 16.5 Å². The minimum absolute atomic E-state index is 0.0446. The Morgan fingerprint density at radius 2 is 2.07 bits per heavy atom. The SMILES string of the molecule is CC(C)(C)OC(=O)N1CC[C@@H](Oc2ccc3c(nnn3CC3CC3)c2Br)[C@H](F)C1. The maximum atomic E-state index is 14.8. The number of fused-ring (bicyclic) bond motifs is 1. The third-order valence-electron chi connectivity index (χ3n) is 5.13. The van der Waals surface area contributed by atoms with Gasteiger partial charge in [0, 0.05) is 19.5 Å². The average Bonchev–Trinajstić information content (AvgIpc) is 3.36. The first kappa shape index (κ1) is 20.4. The number of ether oxygens (including phenoxy) is 2. The van der Waals surface area contributed by atoms with E-state index in [-0.39, 0.29) is 6.54 Å². The van der Waals surface area contributed by atoms with Crippen molar-refractivity contribution < 1.29 is 18.7 Å². The molecule has 1 saturated carbocycles. The lowest BCUT2D eigenvalue weighted by atomic mass is 10.1. The third-order valence-corrected chi connectivity index (χ3v) is 5.90. The van der Waals surface area contributed by atoms with Gasteiger partial charge in [-0.2, -0.15) is 0 Å². The summed E-state index contributed by atoms with van der Waals surface area (Å²) in [5, 5.41) is 8.51. The molecule has 1 aromatic carbocycles. The van der Waals surface area contributed by atoms with Gasteiger partial charge in [0.15, 0.2) is 6.17 Å². The van der Waals surface area contributed by atoms with Crippen LogP contribution in [0.25, 0.3) is 11.0 Å². The Balaban J connectivity index is 1.42. The van der Waals surface area contributed by atoms with E-state index in [1.165, 1.54) is 17.7 Å². The summed E-state index contributed by atoms with van der Waals surface area (Å²) >= 11 is 3.54. The summed E-state index contributed by atoms with van der Waals surface area (Å²) in [7, 11) is 0. The Hall–Kier alpha value is -1.90. The highest BCUT2D eigenvalue weighted by Crippen LogP contribution is 2.36. The van der Waals surface area contributed by atoms with Crippen molar-refractivity contribution in [2.75, 3.05) is 13.1 Å². The molecule has 1 aliphatic carbocycles. The van der Waals surface area contributed by atoms with Crippen molar-refractivity contribution in [3.63, 3.8) is 0 Å². The molecular formula is C20H26BrFN4O3. The predicted molar refractivity (Wildman–Crippen MR) is 110 cm³/mol. The summed E-state index contributed by atoms with van der Waals surface area (Å²) in [4.78, 5) is 13.6. The quantitative estimate of drug-likeness (QED) is 0.667. The molecule has 2 heterocycles. The molecule has 4 rings (SSSR count). The van der Waals surface area contributed by atoms with Crippen LogP contribution in [0.5, 0.6) is 5.75 Å². The van der Waals surface area contributed by atoms with E-state index < -0.39 is 24.0 Å². The van der Waals surface area contributed by atoms with E-state index in [0.29, 0.717) is 34.6 Å². The van der Waals surface area contributed by atoms with E-state index >= 15 is 0 Å². The second-order valence-electron chi connectivity index (χ2n) is 8.85. The number of alkyl halides is 1. The van der Waals surface area contributed by atoms with Crippen LogP contribution in [0.4, 0.5) is 9.18 Å². The number of benzene rings is 1. The predicted octanol–water partition coefficient (Wildman–Crippen LogP) is 4.33. The molecule has 2 aromatic rings. The number of hydrogen-bond acceptors (Lipinski definition) is 5. The van der Waals surface area contributed by atoms with Crippen LogP contribution >= 0.6 is 15.9 Å². The minimum Gasteiger partial charge on any atom is -0.486 e. The molecule has 0 N–H and O–H groups in total. The van der Waals surface area contributed by atoms with Gasteiger partial charge in [0.1, 0.15) is 23.0 Å². The van der Waals surface area contributed by atoms with Crippen LogP contribution in [-0.4, -0.2) is 57.0 Å². The Morgan fingerprint density at radius 1 is 1.31 bits per heavy atom. The van der Waals surface area contributed by atoms with E-state index in [2.05, 4.69) is 26.2 Å². The lowest BCUT2D eigenvalue weighted by Crippen LogP contribution is -2.50. The van der Waals surface area contributed by atoms with Crippen LogP contribution in [0, 0.1) is 5.92 Å². The highest BCUT2D eigenvalue weighted by atomic mass is 79.9. The lowest BCUT2D eigenvalue weighted by Gasteiger charge is -2.35. The van der Waals surface area contributed by atoms with E-state index in [4.69, 9.17) is 9.47 Å². The van der Waals surface area contributed by atoms with E-state index in [1.54, 1.807) is 20.8 Å². The Bertz CT molecular complexity index is 909. The zero-order chi connectivity index (χ0) is 20.8. The van der Waals surface area contributed by atoms with Crippen molar-refractivity contribution >= 4 is 33.1 Å². The normalized spacial score (nSPS) is 22.7. The first-order valence-corrected chi connectivity index (χ1v) is 10.8. The second kappa shape index (κ2) is 7.74. The standard InChI is InChI=1S/C20H26BrFN4O3/c1-20(2,3)29-19(27)25-9-8-15(13(22)11-25)28-16-7-6-14-18(17(16)21)23-24-26(14)10-12-4-5-12/h6-7,12-13,15H,4-5,8-11H2,1-3H3/t13-,15-/m1/s1. The fourth-order valence-electron chi connectivity index (χ4n) is 3.43. The molecule has 1 amide bonds. The molecule has 1 aromatic heterocycles. The molecule has 0 spiro atoms. The summed E-state index contributed by atoms with van der Waals surface area (Å²) in [5.41, 5.74) is 1.05. The number of piperidine rings is 1. The summed E-state index contributed by atoms with van der Waals surface area (Å²) in [6.07, 6.45) is 0.439. The van der Waals surface area contributed by atoms with Crippen LogP contribution in [0.1, 0.15) is 40.0 Å². The first-order valence-electron chi connectivity index (χ1n) is 10.0. The lowest BCUT2D eigenvalue weighted by molar-refractivity contribution is -0.0106. The monoisotopic (exact) mass is 468 g/mol. The highest BCUT2D eigenvalue weighted by Gasteiger charge is 2.35. The van der Waals surface area contributed by atoms with Crippen molar-refractivity contribution in [3.05, 3.63) is 16.6 Å². The van der Waals surface area contributed by atoms with Gasteiger partial charge in [0.2, 0.25) is 0 Å². The smallest absolute Gasteiger partial charge is 0.410 e. The van der Waals surface area contributed by atoms with Crippen molar-refractivity contribution in [2.45, 2.75) is 64.5 Å². The molecule has 2 aliphatic rings. The Labute approximate surface area is 177 Å². The zero-order valence-corrected chi connectivity index (χ0v) is 18.5. The fourth-order valence-corrected chi connectivity index (χ4v) is 3.94. The number of aromatic nitrogens is 3. The van der Waals surface area contributed by atoms with Gasteiger partial charge in [-0.05, 0) is 67.6 Å². The van der Waals surface area contributed by atoms with Gasteiger partial charge >= 0.3 is 6.09 Å². The zero-order valence-electron chi connectivity index (χ0n) is 16.9. The largest absolute Gasteiger partial charge is 0.486 e. The molecule has 29 heavy (non-hydrogen) atoms. The first-order chi connectivity index (χ1) is 13.7. The van der Waals surface area contributed by atoms with Gasteiger partial charge in [0.25, 0.3) is 0 Å². The number of hydrogen-bond donors (Lipinski definition) is 0. The molecule has 1 saturated heterocycles. The van der Waals surface area contributed by atoms with Gasteiger partial charge in [-0.1, -0.05) is 5.21 Å². The molecule has 7 nitrogen and oxygen atoms in total. The molecule has 9 heteroatoms. The summed E-state index contributed by atoms with van der Waals surface area (Å²) in [6, 6.07) is 3.74. The third kappa shape index (κ3) is 4.65. The van der Waals surface area contributed by atoms with E-state index in [9.17, 15) is 9.18 Å².